The predicted octanol–water partition coefficient (Wildman–Crippen LogP) is 4.63. The summed E-state index contributed by atoms with van der Waals surface area (Å²) in [6.45, 7) is 1.35. The van der Waals surface area contributed by atoms with E-state index in [1.54, 1.807) is 7.11 Å². The number of nitrogens with zero attached hydrogens (tertiary/aromatic N) is 2. The van der Waals surface area contributed by atoms with E-state index in [1.807, 2.05) is 54.7 Å². The Morgan fingerprint density at radius 3 is 2.67 bits per heavy atom. The Balaban J connectivity index is 1.38. The topological polar surface area (TPSA) is 74.7 Å². The summed E-state index contributed by atoms with van der Waals surface area (Å²) in [4.78, 5) is 20.9. The molecule has 1 saturated carbocycles. The van der Waals surface area contributed by atoms with E-state index >= 15 is 0 Å². The number of rotatable bonds is 7. The zero-order valence-electron chi connectivity index (χ0n) is 18.3. The molecule has 1 unspecified atom stereocenters. The van der Waals surface area contributed by atoms with Crippen LogP contribution in [0.3, 0.4) is 0 Å². The fourth-order valence-electron chi connectivity index (χ4n) is 4.60. The van der Waals surface area contributed by atoms with Crippen molar-refractivity contribution in [3.8, 4) is 5.75 Å². The van der Waals surface area contributed by atoms with Crippen molar-refractivity contribution in [1.82, 2.24) is 9.88 Å². The number of methoxy groups -OCH3 is 1. The summed E-state index contributed by atoms with van der Waals surface area (Å²) in [5.41, 5.74) is 1.48. The van der Waals surface area contributed by atoms with Gasteiger partial charge in [0, 0.05) is 29.2 Å². The first kappa shape index (κ1) is 22.3. The van der Waals surface area contributed by atoms with E-state index in [4.69, 9.17) is 16.3 Å². The molecule has 1 aromatic heterocycles. The molecule has 8 heteroatoms. The summed E-state index contributed by atoms with van der Waals surface area (Å²) in [7, 11) is 1.63. The van der Waals surface area contributed by atoms with E-state index < -0.39 is 5.41 Å². The van der Waals surface area contributed by atoms with Crippen LogP contribution in [0.2, 0.25) is 5.02 Å². The van der Waals surface area contributed by atoms with E-state index in [0.717, 1.165) is 47.6 Å². The molecule has 3 aromatic rings. The molecule has 2 N–H and O–H groups in total. The van der Waals surface area contributed by atoms with Crippen molar-refractivity contribution < 1.29 is 14.6 Å². The molecule has 1 aliphatic carbocycles. The van der Waals surface area contributed by atoms with Gasteiger partial charge in [0.25, 0.3) is 0 Å². The van der Waals surface area contributed by atoms with Crippen molar-refractivity contribution in [3.63, 3.8) is 0 Å². The minimum Gasteiger partial charge on any atom is -0.497 e. The van der Waals surface area contributed by atoms with Crippen molar-refractivity contribution in [2.45, 2.75) is 36.8 Å². The Labute approximate surface area is 202 Å². The predicted molar refractivity (Wildman–Crippen MR) is 130 cm³/mol. The van der Waals surface area contributed by atoms with Crippen LogP contribution in [0.25, 0.3) is 0 Å². The van der Waals surface area contributed by atoms with Crippen molar-refractivity contribution in [1.29, 1.82) is 0 Å². The molecule has 0 bridgehead atoms. The first-order chi connectivity index (χ1) is 16.0. The Morgan fingerprint density at radius 2 is 2.03 bits per heavy atom. The highest BCUT2D eigenvalue weighted by atomic mass is 35.5. The lowest BCUT2D eigenvalue weighted by Gasteiger charge is -2.27. The van der Waals surface area contributed by atoms with Gasteiger partial charge in [0.2, 0.25) is 5.91 Å². The number of carbonyl (C=O) groups excluding carboxylic acids is 1. The maximum atomic E-state index is 13.2. The van der Waals surface area contributed by atoms with Crippen molar-refractivity contribution in [2.24, 2.45) is 0 Å². The molecule has 1 aliphatic heterocycles. The van der Waals surface area contributed by atoms with Gasteiger partial charge in [-0.2, -0.15) is 0 Å². The smallest absolute Gasteiger partial charge is 0.236 e. The average Bonchev–Trinajstić information content (AvgIpc) is 3.35. The van der Waals surface area contributed by atoms with Crippen LogP contribution in [0, 0.1) is 0 Å². The van der Waals surface area contributed by atoms with Gasteiger partial charge in [0.15, 0.2) is 5.13 Å². The second-order valence-corrected chi connectivity index (χ2v) is 10.2. The Bertz CT molecular complexity index is 1150. The zero-order chi connectivity index (χ0) is 23.0. The first-order valence-corrected chi connectivity index (χ1v) is 12.3. The van der Waals surface area contributed by atoms with Gasteiger partial charge in [-0.1, -0.05) is 53.3 Å². The largest absolute Gasteiger partial charge is 0.497 e. The normalized spacial score (nSPS) is 20.4. The van der Waals surface area contributed by atoms with Gasteiger partial charge < -0.3 is 15.2 Å². The minimum atomic E-state index is -0.501. The number of amides is 1. The minimum absolute atomic E-state index is 0.0283. The fraction of sp³-hybridized carbons (Fsp3) is 0.360. The van der Waals surface area contributed by atoms with Gasteiger partial charge in [-0.3, -0.25) is 9.69 Å². The van der Waals surface area contributed by atoms with Crippen molar-refractivity contribution >= 4 is 34.0 Å². The van der Waals surface area contributed by atoms with Crippen molar-refractivity contribution in [2.75, 3.05) is 25.5 Å². The zero-order valence-corrected chi connectivity index (χ0v) is 19.9. The number of aromatic nitrogens is 1. The molecule has 2 fully saturated rings. The van der Waals surface area contributed by atoms with E-state index in [9.17, 15) is 9.90 Å². The fourth-order valence-corrected chi connectivity index (χ4v) is 5.80. The number of nitrogens with one attached hydrogen (secondary N) is 1. The maximum Gasteiger partial charge on any atom is 0.236 e. The number of hydrogen-bond acceptors (Lipinski definition) is 6. The molecule has 0 radical (unpaired) electrons. The molecule has 0 spiro atoms. The molecule has 6 nitrogen and oxygen atoms in total. The SMILES string of the molecule is COc1ccc(C2(C(=O)Nc3ncc(C(c4ccccc4Cl)N4CC[C@@H](O)C4)s3)CC2)cc1. The highest BCUT2D eigenvalue weighted by Gasteiger charge is 2.51. The molecule has 172 valence electrons. The molecule has 5 rings (SSSR count). The monoisotopic (exact) mass is 483 g/mol. The summed E-state index contributed by atoms with van der Waals surface area (Å²) < 4.78 is 5.24. The number of halogens is 1. The summed E-state index contributed by atoms with van der Waals surface area (Å²) in [6.07, 6.45) is 3.83. The summed E-state index contributed by atoms with van der Waals surface area (Å²) >= 11 is 8.01. The Kier molecular flexibility index (Phi) is 6.14. The summed E-state index contributed by atoms with van der Waals surface area (Å²) in [6, 6.07) is 15.4. The maximum absolute atomic E-state index is 13.2. The molecule has 1 amide bonds. The van der Waals surface area contributed by atoms with Gasteiger partial charge in [-0.25, -0.2) is 4.98 Å². The van der Waals surface area contributed by atoms with E-state index in [-0.39, 0.29) is 18.1 Å². The van der Waals surface area contributed by atoms with E-state index in [1.165, 1.54) is 11.3 Å². The van der Waals surface area contributed by atoms with E-state index in [0.29, 0.717) is 16.7 Å². The number of aliphatic hydroxyl groups excluding tert-OH is 1. The van der Waals surface area contributed by atoms with Crippen molar-refractivity contribution in [3.05, 3.63) is 75.8 Å². The highest BCUT2D eigenvalue weighted by Crippen LogP contribution is 2.49. The van der Waals surface area contributed by atoms with Crippen LogP contribution in [0.4, 0.5) is 5.13 Å². The third-order valence-corrected chi connectivity index (χ3v) is 7.91. The molecule has 2 atom stereocenters. The molecule has 2 aromatic carbocycles. The number of benzene rings is 2. The third-order valence-electron chi connectivity index (χ3n) is 6.60. The second-order valence-electron chi connectivity index (χ2n) is 8.69. The molecule has 2 aliphatic rings. The van der Waals surface area contributed by atoms with Gasteiger partial charge in [0.05, 0.1) is 24.7 Å². The summed E-state index contributed by atoms with van der Waals surface area (Å²) in [5.74, 6) is 0.747. The second kappa shape index (κ2) is 9.06. The van der Waals surface area contributed by atoms with Gasteiger partial charge >= 0.3 is 0 Å². The Morgan fingerprint density at radius 1 is 1.27 bits per heavy atom. The lowest BCUT2D eigenvalue weighted by molar-refractivity contribution is -0.118. The van der Waals surface area contributed by atoms with Crippen LogP contribution >= 0.6 is 22.9 Å². The van der Waals surface area contributed by atoms with Gasteiger partial charge in [0.1, 0.15) is 5.75 Å². The molecular formula is C25H26ClN3O3S. The number of aliphatic hydroxyl groups is 1. The molecule has 2 heterocycles. The van der Waals surface area contributed by atoms with Gasteiger partial charge in [-0.15, -0.1) is 0 Å². The quantitative estimate of drug-likeness (QED) is 0.512. The number of anilines is 1. The first-order valence-electron chi connectivity index (χ1n) is 11.1. The lowest BCUT2D eigenvalue weighted by atomic mass is 9.95. The number of β-amino-alcohol motifs (C(OH)–C–C–N with tert-alkyl or cyclic N) is 1. The number of ether oxygens (including phenoxy) is 1. The van der Waals surface area contributed by atoms with Gasteiger partial charge in [-0.05, 0) is 48.6 Å². The molecular weight excluding hydrogens is 458 g/mol. The number of thiazole rings is 1. The number of carbonyl (C=O) groups is 1. The van der Waals surface area contributed by atoms with E-state index in [2.05, 4.69) is 15.2 Å². The molecule has 1 saturated heterocycles. The Hall–Kier alpha value is -2.45. The summed E-state index contributed by atoms with van der Waals surface area (Å²) in [5, 5.41) is 14.4. The lowest BCUT2D eigenvalue weighted by Crippen LogP contribution is -2.28. The number of likely N-dealkylation sites (tertiary alicyclic amines) is 1. The highest BCUT2D eigenvalue weighted by molar-refractivity contribution is 7.15. The number of hydrogen-bond donors (Lipinski definition) is 2. The van der Waals surface area contributed by atoms with Crippen LogP contribution < -0.4 is 10.1 Å². The third kappa shape index (κ3) is 4.38. The molecule has 33 heavy (non-hydrogen) atoms. The van der Waals surface area contributed by atoms with Crippen LogP contribution in [0.1, 0.15) is 41.3 Å². The standard InChI is InChI=1S/C25H26ClN3O3S/c1-32-18-8-6-16(7-9-18)25(11-12-25)23(31)28-24-27-14-21(33-24)22(29-13-10-17(30)15-29)19-4-2-3-5-20(19)26/h2-9,14,17,22,30H,10-13,15H2,1H3,(H,27,28,31)/t17-,22?/m1/s1. The van der Waals surface area contributed by atoms with Crippen LogP contribution in [0.5, 0.6) is 5.75 Å². The van der Waals surface area contributed by atoms with Crippen LogP contribution in [-0.4, -0.2) is 47.2 Å². The van der Waals surface area contributed by atoms with Crippen LogP contribution in [-0.2, 0) is 10.2 Å². The van der Waals surface area contributed by atoms with Crippen LogP contribution in [0.15, 0.2) is 54.7 Å². The average molecular weight is 484 g/mol.